The molecule has 0 radical (unpaired) electrons. The Hall–Kier alpha value is -3.77. The van der Waals surface area contributed by atoms with Crippen LogP contribution in [0.2, 0.25) is 0 Å². The lowest BCUT2D eigenvalue weighted by atomic mass is 9.82. The Kier molecular flexibility index (Phi) is 7.71. The van der Waals surface area contributed by atoms with Gasteiger partial charge >= 0.3 is 0 Å². The van der Waals surface area contributed by atoms with Gasteiger partial charge in [-0.15, -0.1) is 11.8 Å². The molecule has 2 unspecified atom stereocenters. The van der Waals surface area contributed by atoms with Gasteiger partial charge in [0.25, 0.3) is 0 Å². The fourth-order valence-electron chi connectivity index (χ4n) is 5.18. The lowest BCUT2D eigenvalue weighted by molar-refractivity contribution is -0.129. The van der Waals surface area contributed by atoms with Gasteiger partial charge in [-0.2, -0.15) is 0 Å². The second kappa shape index (κ2) is 11.3. The molecule has 190 valence electrons. The van der Waals surface area contributed by atoms with E-state index >= 15 is 0 Å². The summed E-state index contributed by atoms with van der Waals surface area (Å²) in [5.74, 6) is -0.138. The van der Waals surface area contributed by atoms with Crippen molar-refractivity contribution < 1.29 is 9.59 Å². The summed E-state index contributed by atoms with van der Waals surface area (Å²) in [6.45, 7) is 2.90. The quantitative estimate of drug-likeness (QED) is 0.348. The zero-order chi connectivity index (χ0) is 26.5. The molecule has 0 bridgehead atoms. The van der Waals surface area contributed by atoms with Gasteiger partial charge in [-0.25, -0.2) is 0 Å². The highest BCUT2D eigenvalue weighted by molar-refractivity contribution is 8.01. The van der Waals surface area contributed by atoms with Gasteiger partial charge in [0.1, 0.15) is 12.6 Å². The first-order valence-electron chi connectivity index (χ1n) is 12.9. The molecule has 2 atom stereocenters. The molecule has 0 spiro atoms. The van der Waals surface area contributed by atoms with Crippen molar-refractivity contribution in [2.45, 2.75) is 42.1 Å². The average Bonchev–Trinajstić information content (AvgIpc) is 3.21. The Balaban J connectivity index is 1.60. The number of rotatable bonds is 8. The normalized spacial score (nSPS) is 18.9. The molecule has 0 saturated carbocycles. The summed E-state index contributed by atoms with van der Waals surface area (Å²) < 4.78 is -1.04. The van der Waals surface area contributed by atoms with Crippen molar-refractivity contribution in [3.63, 3.8) is 0 Å². The van der Waals surface area contributed by atoms with Crippen molar-refractivity contribution in [1.82, 2.24) is 10.2 Å². The van der Waals surface area contributed by atoms with E-state index in [-0.39, 0.29) is 18.2 Å². The standard InChI is InChI=1S/C32H31BN2O2S/c1-23-16-18-26(19-17-23)38-32(31(37)34-21-24-10-4-2-5-11-24)20-29(36)35(22-25-12-6-3-7-13-25)30(32)27-14-8-9-15-28(27)33/h2-19,30H,20-22,33H2,1H3,(H,34,37). The Morgan fingerprint density at radius 2 is 1.50 bits per heavy atom. The molecule has 0 aliphatic carbocycles. The summed E-state index contributed by atoms with van der Waals surface area (Å²) in [6.07, 6.45) is 0.123. The van der Waals surface area contributed by atoms with Crippen molar-refractivity contribution in [3.05, 3.63) is 131 Å². The van der Waals surface area contributed by atoms with E-state index < -0.39 is 10.8 Å². The van der Waals surface area contributed by atoms with Crippen LogP contribution >= 0.6 is 11.8 Å². The van der Waals surface area contributed by atoms with Crippen LogP contribution in [0.15, 0.2) is 114 Å². The van der Waals surface area contributed by atoms with Gasteiger partial charge < -0.3 is 10.2 Å². The number of thioether (sulfide) groups is 1. The average molecular weight is 518 g/mol. The van der Waals surface area contributed by atoms with Gasteiger partial charge in [0, 0.05) is 18.0 Å². The molecule has 2 amide bonds. The van der Waals surface area contributed by atoms with Crippen molar-refractivity contribution in [1.29, 1.82) is 0 Å². The maximum atomic E-state index is 14.3. The number of carbonyl (C=O) groups is 2. The van der Waals surface area contributed by atoms with Crippen LogP contribution in [-0.4, -0.2) is 29.3 Å². The lowest BCUT2D eigenvalue weighted by Gasteiger charge is -2.37. The van der Waals surface area contributed by atoms with E-state index in [0.717, 1.165) is 32.6 Å². The molecule has 4 aromatic rings. The first-order chi connectivity index (χ1) is 18.5. The van der Waals surface area contributed by atoms with E-state index in [0.29, 0.717) is 13.1 Å². The number of hydrogen-bond acceptors (Lipinski definition) is 3. The second-order valence-electron chi connectivity index (χ2n) is 9.92. The first kappa shape index (κ1) is 25.9. The van der Waals surface area contributed by atoms with Crippen LogP contribution in [0.25, 0.3) is 0 Å². The number of benzene rings is 4. The molecular weight excluding hydrogens is 487 g/mol. The zero-order valence-corrected chi connectivity index (χ0v) is 22.6. The molecule has 5 rings (SSSR count). The van der Waals surface area contributed by atoms with Gasteiger partial charge in [-0.1, -0.05) is 108 Å². The largest absolute Gasteiger partial charge is 0.351 e. The van der Waals surface area contributed by atoms with Crippen LogP contribution in [0, 0.1) is 6.92 Å². The predicted molar refractivity (Wildman–Crippen MR) is 157 cm³/mol. The van der Waals surface area contributed by atoms with E-state index in [1.807, 2.05) is 96.8 Å². The maximum Gasteiger partial charge on any atom is 0.239 e. The fraction of sp³-hybridized carbons (Fsp3) is 0.188. The third kappa shape index (κ3) is 5.41. The van der Waals surface area contributed by atoms with Crippen LogP contribution in [-0.2, 0) is 22.7 Å². The third-order valence-corrected chi connectivity index (χ3v) is 8.59. The summed E-state index contributed by atoms with van der Waals surface area (Å²) in [4.78, 5) is 31.1. The number of aryl methyl sites for hydroxylation is 1. The van der Waals surface area contributed by atoms with Crippen LogP contribution in [0.5, 0.6) is 0 Å². The van der Waals surface area contributed by atoms with Crippen molar-refractivity contribution >= 4 is 36.9 Å². The predicted octanol–water partition coefficient (Wildman–Crippen LogP) is 4.57. The number of amides is 2. The molecule has 4 aromatic carbocycles. The van der Waals surface area contributed by atoms with Gasteiger partial charge in [0.15, 0.2) is 0 Å². The molecular formula is C32H31BN2O2S. The zero-order valence-electron chi connectivity index (χ0n) is 21.8. The minimum absolute atomic E-state index is 0.0171. The van der Waals surface area contributed by atoms with Crippen molar-refractivity contribution in [2.75, 3.05) is 0 Å². The fourth-order valence-corrected chi connectivity index (χ4v) is 6.60. The molecule has 1 fully saturated rings. The van der Waals surface area contributed by atoms with E-state index in [1.54, 1.807) is 0 Å². The maximum absolute atomic E-state index is 14.3. The first-order valence-corrected chi connectivity index (χ1v) is 13.7. The van der Waals surface area contributed by atoms with E-state index in [9.17, 15) is 9.59 Å². The summed E-state index contributed by atoms with van der Waals surface area (Å²) in [6, 6.07) is 35.8. The smallest absolute Gasteiger partial charge is 0.239 e. The van der Waals surface area contributed by atoms with Gasteiger partial charge in [0.05, 0.1) is 12.5 Å². The number of likely N-dealkylation sites (tertiary alicyclic amines) is 1. The molecule has 4 nitrogen and oxygen atoms in total. The molecule has 1 aliphatic heterocycles. The monoisotopic (exact) mass is 518 g/mol. The minimum Gasteiger partial charge on any atom is -0.351 e. The highest BCUT2D eigenvalue weighted by Gasteiger charge is 2.58. The SMILES string of the molecule is Bc1ccccc1C1N(Cc2ccccc2)C(=O)CC1(Sc1ccc(C)cc1)C(=O)NCc1ccccc1. The van der Waals surface area contributed by atoms with Crippen molar-refractivity contribution in [3.8, 4) is 0 Å². The van der Waals surface area contributed by atoms with Crippen LogP contribution in [0.3, 0.4) is 0 Å². The highest BCUT2D eigenvalue weighted by Crippen LogP contribution is 2.52. The molecule has 1 aliphatic rings. The molecule has 0 aromatic heterocycles. The van der Waals surface area contributed by atoms with E-state index in [1.165, 1.54) is 11.8 Å². The van der Waals surface area contributed by atoms with Crippen LogP contribution in [0.1, 0.15) is 34.7 Å². The lowest BCUT2D eigenvalue weighted by Crippen LogP contribution is -2.49. The molecule has 1 saturated heterocycles. The van der Waals surface area contributed by atoms with E-state index in [2.05, 4.69) is 37.4 Å². The Morgan fingerprint density at radius 1 is 0.895 bits per heavy atom. The summed E-state index contributed by atoms with van der Waals surface area (Å²) in [5.41, 5.74) is 5.29. The topological polar surface area (TPSA) is 49.4 Å². The summed E-state index contributed by atoms with van der Waals surface area (Å²) >= 11 is 1.51. The molecule has 1 heterocycles. The van der Waals surface area contributed by atoms with Crippen LogP contribution < -0.4 is 10.8 Å². The van der Waals surface area contributed by atoms with Gasteiger partial charge in [0.2, 0.25) is 11.8 Å². The minimum atomic E-state index is -1.04. The summed E-state index contributed by atoms with van der Waals surface area (Å²) in [7, 11) is 2.06. The third-order valence-electron chi connectivity index (χ3n) is 7.17. The van der Waals surface area contributed by atoms with Crippen LogP contribution in [0.4, 0.5) is 0 Å². The van der Waals surface area contributed by atoms with Gasteiger partial charge in [-0.05, 0) is 35.7 Å². The summed E-state index contributed by atoms with van der Waals surface area (Å²) in [5, 5.41) is 3.20. The van der Waals surface area contributed by atoms with E-state index in [4.69, 9.17) is 0 Å². The Bertz CT molecular complexity index is 1410. The highest BCUT2D eigenvalue weighted by atomic mass is 32.2. The Morgan fingerprint density at radius 3 is 2.16 bits per heavy atom. The second-order valence-corrected chi connectivity index (χ2v) is 11.3. The van der Waals surface area contributed by atoms with Gasteiger partial charge in [-0.3, -0.25) is 9.59 Å². The molecule has 1 N–H and O–H groups in total. The number of hydrogen-bond donors (Lipinski definition) is 1. The van der Waals surface area contributed by atoms with Crippen molar-refractivity contribution in [2.24, 2.45) is 0 Å². The Labute approximate surface area is 229 Å². The molecule has 6 heteroatoms. The number of carbonyl (C=O) groups excluding carboxylic acids is 2. The molecule has 38 heavy (non-hydrogen) atoms. The number of nitrogens with zero attached hydrogens (tertiary/aromatic N) is 1. The number of nitrogens with one attached hydrogen (secondary N) is 1.